The van der Waals surface area contributed by atoms with E-state index in [1.807, 2.05) is 42.5 Å². The van der Waals surface area contributed by atoms with Gasteiger partial charge in [0.2, 0.25) is 0 Å². The van der Waals surface area contributed by atoms with Gasteiger partial charge in [-0.2, -0.15) is 5.26 Å². The van der Waals surface area contributed by atoms with Crippen molar-refractivity contribution in [3.8, 4) is 6.07 Å². The van der Waals surface area contributed by atoms with Crippen LogP contribution in [0, 0.1) is 18.3 Å². The summed E-state index contributed by atoms with van der Waals surface area (Å²) in [4.78, 5) is 7.85. The third-order valence-electron chi connectivity index (χ3n) is 5.36. The molecule has 0 atom stereocenters. The minimum Gasteiger partial charge on any atom is -0.342 e. The Morgan fingerprint density at radius 1 is 1.03 bits per heavy atom. The lowest BCUT2D eigenvalue weighted by Gasteiger charge is -2.06. The van der Waals surface area contributed by atoms with Crippen LogP contribution in [0.5, 0.6) is 0 Å². The van der Waals surface area contributed by atoms with Crippen LogP contribution < -0.4 is 0 Å². The van der Waals surface area contributed by atoms with E-state index >= 15 is 0 Å². The number of aromatic amines is 1. The smallest absolute Gasteiger partial charge is 0.149 e. The van der Waals surface area contributed by atoms with E-state index in [4.69, 9.17) is 0 Å². The number of imidazole rings is 1. The topological polar surface area (TPSA) is 57.4 Å². The lowest BCUT2D eigenvalue weighted by molar-refractivity contribution is 0.836. The van der Waals surface area contributed by atoms with Crippen molar-refractivity contribution in [1.82, 2.24) is 14.5 Å². The number of aromatic nitrogens is 3. The summed E-state index contributed by atoms with van der Waals surface area (Å²) in [6, 6.07) is 27.0. The fourth-order valence-corrected chi connectivity index (χ4v) is 3.80. The van der Waals surface area contributed by atoms with Gasteiger partial charge in [-0.1, -0.05) is 60.2 Å². The maximum atomic E-state index is 9.82. The minimum absolute atomic E-state index is 0.518. The van der Waals surface area contributed by atoms with E-state index in [0.717, 1.165) is 34.0 Å². The SMILES string of the molecule is Cc1ccc(Cn2cc(/C=C(\C#N)c3nc4ccccc4[nH]3)c3ccccc32)cc1. The van der Waals surface area contributed by atoms with Crippen molar-refractivity contribution in [2.45, 2.75) is 13.5 Å². The molecule has 144 valence electrons. The lowest BCUT2D eigenvalue weighted by atomic mass is 10.1. The van der Waals surface area contributed by atoms with Crippen LogP contribution in [0.3, 0.4) is 0 Å². The number of aryl methyl sites for hydroxylation is 1. The Morgan fingerprint density at radius 2 is 1.80 bits per heavy atom. The van der Waals surface area contributed by atoms with E-state index in [2.05, 4.69) is 70.1 Å². The van der Waals surface area contributed by atoms with E-state index in [1.54, 1.807) is 0 Å². The summed E-state index contributed by atoms with van der Waals surface area (Å²) in [5.41, 5.74) is 6.95. The van der Waals surface area contributed by atoms with Crippen LogP contribution in [0.15, 0.2) is 79.0 Å². The van der Waals surface area contributed by atoms with Crippen molar-refractivity contribution >= 4 is 33.6 Å². The standard InChI is InChI=1S/C26H20N4/c1-18-10-12-19(13-11-18)16-30-17-21(22-6-2-5-9-25(22)30)14-20(15-27)26-28-23-7-3-4-8-24(23)29-26/h2-14,17H,16H2,1H3,(H,28,29)/b20-14+. The third kappa shape index (κ3) is 3.27. The first-order valence-corrected chi connectivity index (χ1v) is 9.91. The summed E-state index contributed by atoms with van der Waals surface area (Å²) in [6.07, 6.45) is 4.04. The number of hydrogen-bond acceptors (Lipinski definition) is 2. The molecule has 2 aromatic heterocycles. The van der Waals surface area contributed by atoms with Crippen molar-refractivity contribution in [1.29, 1.82) is 5.26 Å². The molecule has 5 rings (SSSR count). The number of allylic oxidation sites excluding steroid dienone is 1. The van der Waals surface area contributed by atoms with Gasteiger partial charge in [-0.15, -0.1) is 0 Å². The van der Waals surface area contributed by atoms with E-state index in [-0.39, 0.29) is 0 Å². The van der Waals surface area contributed by atoms with E-state index in [1.165, 1.54) is 11.1 Å². The van der Waals surface area contributed by atoms with Gasteiger partial charge in [0.05, 0.1) is 16.6 Å². The van der Waals surface area contributed by atoms with Crippen molar-refractivity contribution < 1.29 is 0 Å². The highest BCUT2D eigenvalue weighted by molar-refractivity contribution is 5.98. The van der Waals surface area contributed by atoms with Crippen molar-refractivity contribution in [2.75, 3.05) is 0 Å². The highest BCUT2D eigenvalue weighted by atomic mass is 15.0. The molecule has 0 fully saturated rings. The van der Waals surface area contributed by atoms with Gasteiger partial charge in [0.15, 0.2) is 0 Å². The molecule has 0 spiro atoms. The molecule has 0 radical (unpaired) electrons. The summed E-state index contributed by atoms with van der Waals surface area (Å²) in [5, 5.41) is 10.9. The Morgan fingerprint density at radius 3 is 2.60 bits per heavy atom. The number of para-hydroxylation sites is 3. The highest BCUT2D eigenvalue weighted by Crippen LogP contribution is 2.27. The molecule has 5 aromatic rings. The molecule has 4 heteroatoms. The number of hydrogen-bond donors (Lipinski definition) is 1. The second-order valence-electron chi connectivity index (χ2n) is 7.49. The molecular weight excluding hydrogens is 368 g/mol. The van der Waals surface area contributed by atoms with Gasteiger partial charge in [0.25, 0.3) is 0 Å². The van der Waals surface area contributed by atoms with Gasteiger partial charge in [0.1, 0.15) is 11.9 Å². The quantitative estimate of drug-likeness (QED) is 0.387. The van der Waals surface area contributed by atoms with Crippen LogP contribution in [-0.4, -0.2) is 14.5 Å². The number of benzene rings is 3. The molecule has 3 aromatic carbocycles. The molecule has 0 amide bonds. The molecule has 0 aliphatic rings. The van der Waals surface area contributed by atoms with E-state index < -0.39 is 0 Å². The molecule has 0 saturated heterocycles. The predicted octanol–water partition coefficient (Wildman–Crippen LogP) is 5.94. The Hall–Kier alpha value is -4.10. The predicted molar refractivity (Wildman–Crippen MR) is 122 cm³/mol. The molecular formula is C26H20N4. The van der Waals surface area contributed by atoms with Crippen molar-refractivity contribution in [2.24, 2.45) is 0 Å². The molecule has 0 aliphatic carbocycles. The zero-order valence-corrected chi connectivity index (χ0v) is 16.6. The average molecular weight is 388 g/mol. The summed E-state index contributed by atoms with van der Waals surface area (Å²) < 4.78 is 2.24. The summed E-state index contributed by atoms with van der Waals surface area (Å²) in [7, 11) is 0. The Bertz CT molecular complexity index is 1390. The first kappa shape index (κ1) is 18.0. The van der Waals surface area contributed by atoms with Gasteiger partial charge in [-0.05, 0) is 36.8 Å². The zero-order valence-electron chi connectivity index (χ0n) is 16.6. The fourth-order valence-electron chi connectivity index (χ4n) is 3.80. The Balaban J connectivity index is 1.59. The number of nitriles is 1. The molecule has 0 saturated carbocycles. The van der Waals surface area contributed by atoms with Crippen LogP contribution in [0.25, 0.3) is 33.6 Å². The summed E-state index contributed by atoms with van der Waals surface area (Å²) in [6.45, 7) is 2.88. The number of nitrogens with zero attached hydrogens (tertiary/aromatic N) is 3. The Kier molecular flexibility index (Phi) is 4.42. The maximum absolute atomic E-state index is 9.82. The van der Waals surface area contributed by atoms with Gasteiger partial charge in [0, 0.05) is 29.2 Å². The highest BCUT2D eigenvalue weighted by Gasteiger charge is 2.11. The number of nitrogens with one attached hydrogen (secondary N) is 1. The molecule has 0 unspecified atom stereocenters. The lowest BCUT2D eigenvalue weighted by Crippen LogP contribution is -1.97. The number of fused-ring (bicyclic) bond motifs is 2. The van der Waals surface area contributed by atoms with Gasteiger partial charge < -0.3 is 9.55 Å². The molecule has 2 heterocycles. The second kappa shape index (κ2) is 7.38. The Labute approximate surface area is 174 Å². The van der Waals surface area contributed by atoms with Crippen LogP contribution in [0.2, 0.25) is 0 Å². The van der Waals surface area contributed by atoms with E-state index in [0.29, 0.717) is 11.4 Å². The monoisotopic (exact) mass is 388 g/mol. The van der Waals surface area contributed by atoms with Crippen molar-refractivity contribution in [3.05, 3.63) is 102 Å². The van der Waals surface area contributed by atoms with Gasteiger partial charge in [-0.3, -0.25) is 0 Å². The van der Waals surface area contributed by atoms with Crippen molar-refractivity contribution in [3.63, 3.8) is 0 Å². The van der Waals surface area contributed by atoms with Gasteiger partial charge >= 0.3 is 0 Å². The van der Waals surface area contributed by atoms with E-state index in [9.17, 15) is 5.26 Å². The normalized spacial score (nSPS) is 11.8. The fraction of sp³-hybridized carbons (Fsp3) is 0.0769. The second-order valence-corrected chi connectivity index (χ2v) is 7.49. The largest absolute Gasteiger partial charge is 0.342 e. The first-order chi connectivity index (χ1) is 14.7. The molecule has 1 N–H and O–H groups in total. The minimum atomic E-state index is 0.518. The summed E-state index contributed by atoms with van der Waals surface area (Å²) in [5.74, 6) is 0.592. The van der Waals surface area contributed by atoms with Crippen LogP contribution in [0.4, 0.5) is 0 Å². The summed E-state index contributed by atoms with van der Waals surface area (Å²) >= 11 is 0. The van der Waals surface area contributed by atoms with Gasteiger partial charge in [-0.25, -0.2) is 4.98 Å². The van der Waals surface area contributed by atoms with Crippen LogP contribution in [0.1, 0.15) is 22.5 Å². The zero-order chi connectivity index (χ0) is 20.5. The third-order valence-corrected chi connectivity index (χ3v) is 5.36. The number of rotatable bonds is 4. The molecule has 30 heavy (non-hydrogen) atoms. The van der Waals surface area contributed by atoms with Crippen LogP contribution in [-0.2, 0) is 6.54 Å². The molecule has 0 bridgehead atoms. The average Bonchev–Trinajstić information content (AvgIpc) is 3.35. The number of H-pyrrole nitrogens is 1. The first-order valence-electron chi connectivity index (χ1n) is 9.91. The maximum Gasteiger partial charge on any atom is 0.149 e. The molecule has 4 nitrogen and oxygen atoms in total. The van der Waals surface area contributed by atoms with Crippen LogP contribution >= 0.6 is 0 Å². The molecule has 0 aliphatic heterocycles.